The summed E-state index contributed by atoms with van der Waals surface area (Å²) in [5, 5.41) is 3.03. The molecule has 5 rings (SSSR count). The molecule has 2 aliphatic heterocycles. The van der Waals surface area contributed by atoms with E-state index in [0.717, 1.165) is 23.0 Å². The van der Waals surface area contributed by atoms with E-state index < -0.39 is 18.0 Å². The minimum absolute atomic E-state index is 0.129. The maximum absolute atomic E-state index is 12.6. The van der Waals surface area contributed by atoms with Crippen LogP contribution in [0.15, 0.2) is 54.6 Å². The number of rotatable bonds is 8. The van der Waals surface area contributed by atoms with Gasteiger partial charge < -0.3 is 0 Å². The molecule has 0 aromatic heterocycles. The Morgan fingerprint density at radius 2 is 1.22 bits per heavy atom. The average Bonchev–Trinajstić information content (AvgIpc) is 3.45. The van der Waals surface area contributed by atoms with Crippen molar-refractivity contribution in [3.63, 3.8) is 0 Å². The minimum atomic E-state index is -3.89. The van der Waals surface area contributed by atoms with Crippen LogP contribution in [-0.4, -0.2) is 34.1 Å². The SMILES string of the molecule is CCC1Oc2c([CH]=[Ru]([Cl])([Cl])=[C]3N(c4c(C(C)C)cccc4C(C)C)CCN3c3c(C(C)C)cccc3C(C)C)cccc2NC1=O. The number of anilines is 3. The number of ether oxygens (including phenoxy) is 1. The van der Waals surface area contributed by atoms with Crippen LogP contribution in [-0.2, 0) is 16.7 Å². The van der Waals surface area contributed by atoms with Crippen molar-refractivity contribution in [1.29, 1.82) is 0 Å². The molecule has 2 heterocycles. The van der Waals surface area contributed by atoms with Crippen molar-refractivity contribution in [2.75, 3.05) is 28.2 Å². The molecule has 3 aromatic carbocycles. The quantitative estimate of drug-likeness (QED) is 0.233. The summed E-state index contributed by atoms with van der Waals surface area (Å²) in [6, 6.07) is 19.2. The van der Waals surface area contributed by atoms with E-state index in [1.807, 2.05) is 25.1 Å². The van der Waals surface area contributed by atoms with E-state index in [1.54, 1.807) is 0 Å². The second-order valence-corrected chi connectivity index (χ2v) is 22.8. The Bertz CT molecular complexity index is 1620. The number of hydrogen-bond acceptors (Lipinski definition) is 4. The Balaban J connectivity index is 1.87. The summed E-state index contributed by atoms with van der Waals surface area (Å²) >= 11 is -3.89. The fourth-order valence-electron chi connectivity index (χ4n) is 6.56. The van der Waals surface area contributed by atoms with Gasteiger partial charge in [0.05, 0.1) is 0 Å². The van der Waals surface area contributed by atoms with Gasteiger partial charge in [-0.05, 0) is 0 Å². The number of benzene rings is 3. The van der Waals surface area contributed by atoms with Gasteiger partial charge in [0, 0.05) is 0 Å². The molecule has 1 N–H and O–H groups in total. The molecule has 1 saturated heterocycles. The molecule has 0 saturated carbocycles. The zero-order valence-corrected chi connectivity index (χ0v) is 31.9. The van der Waals surface area contributed by atoms with Crippen molar-refractivity contribution in [3.05, 3.63) is 82.4 Å². The molecule has 1 unspecified atom stereocenters. The van der Waals surface area contributed by atoms with Crippen LogP contribution in [0.1, 0.15) is 120 Å². The van der Waals surface area contributed by atoms with E-state index in [2.05, 4.69) is 112 Å². The van der Waals surface area contributed by atoms with Gasteiger partial charge >= 0.3 is 288 Å². The number of carbonyl (C=O) groups is 1. The number of nitrogens with one attached hydrogen (secondary N) is 1. The molecular weight excluding hydrogens is 702 g/mol. The van der Waals surface area contributed by atoms with E-state index >= 15 is 0 Å². The van der Waals surface area contributed by atoms with Gasteiger partial charge in [0.1, 0.15) is 0 Å². The summed E-state index contributed by atoms with van der Waals surface area (Å²) in [5.41, 5.74) is 9.10. The second-order valence-electron chi connectivity index (χ2n) is 13.5. The first-order valence-corrected chi connectivity index (χ1v) is 22.9. The van der Waals surface area contributed by atoms with Crippen molar-refractivity contribution < 1.29 is 21.4 Å². The predicted molar refractivity (Wildman–Crippen MR) is 196 cm³/mol. The zero-order chi connectivity index (χ0) is 33.5. The molecule has 0 aliphatic carbocycles. The molecule has 2 aliphatic rings. The third kappa shape index (κ3) is 6.60. The van der Waals surface area contributed by atoms with Crippen LogP contribution in [0.25, 0.3) is 0 Å². The van der Waals surface area contributed by atoms with Gasteiger partial charge in [-0.15, -0.1) is 0 Å². The van der Waals surface area contributed by atoms with Gasteiger partial charge in [-0.25, -0.2) is 0 Å². The third-order valence-electron chi connectivity index (χ3n) is 8.88. The standard InChI is InChI=1S/C27H38N2.C11H11NO2.2ClH.Ru/c1-18(2)22-11-9-12-23(19(3)4)26(22)28-15-16-29(17-28)27-24(20(5)6)13-10-14-25(27)21(7)8;1-3-9-11(13)12-8-6-4-5-7(2)10(8)14-9;;;/h9-14,18-21H,15-16H2,1-8H3;2,4-6,9H,3H2,1H3,(H,12,13);2*1H;/q;;;;+2/p-2. The Kier molecular flexibility index (Phi) is 10.5. The number of halogens is 2. The molecular formula is C38H49Cl2N3O2Ru. The molecule has 1 amide bonds. The van der Waals surface area contributed by atoms with Gasteiger partial charge in [-0.3, -0.25) is 0 Å². The van der Waals surface area contributed by atoms with E-state index in [0.29, 0.717) is 41.5 Å². The molecule has 3 aromatic rings. The number of fused-ring (bicyclic) bond motifs is 1. The van der Waals surface area contributed by atoms with Crippen LogP contribution < -0.4 is 19.9 Å². The van der Waals surface area contributed by atoms with Gasteiger partial charge in [0.15, 0.2) is 0 Å². The number of hydrogen-bond donors (Lipinski definition) is 1. The van der Waals surface area contributed by atoms with Gasteiger partial charge in [0.2, 0.25) is 0 Å². The van der Waals surface area contributed by atoms with Crippen LogP contribution >= 0.6 is 19.4 Å². The number of carbonyl (C=O) groups excluding carboxylic acids is 1. The molecule has 250 valence electrons. The fraction of sp³-hybridized carbons (Fsp3) is 0.447. The summed E-state index contributed by atoms with van der Waals surface area (Å²) < 4.78 is 9.33. The predicted octanol–water partition coefficient (Wildman–Crippen LogP) is 10.0. The van der Waals surface area contributed by atoms with Crippen LogP contribution in [0.5, 0.6) is 5.75 Å². The summed E-state index contributed by atoms with van der Waals surface area (Å²) in [5.74, 6) is 1.77. The Morgan fingerprint density at radius 1 is 0.783 bits per heavy atom. The van der Waals surface area contributed by atoms with Crippen LogP contribution in [0.4, 0.5) is 17.1 Å². The molecule has 0 spiro atoms. The first kappa shape index (κ1) is 34.8. The maximum atomic E-state index is 12.6. The Labute approximate surface area is 286 Å². The van der Waals surface area contributed by atoms with Crippen molar-refractivity contribution in [2.45, 2.75) is 98.5 Å². The molecule has 0 radical (unpaired) electrons. The molecule has 1 fully saturated rings. The third-order valence-corrected chi connectivity index (χ3v) is 14.4. The normalized spacial score (nSPS) is 17.2. The monoisotopic (exact) mass is 751 g/mol. The second kappa shape index (κ2) is 13.9. The fourth-order valence-corrected chi connectivity index (χ4v) is 12.6. The van der Waals surface area contributed by atoms with E-state index in [9.17, 15) is 4.79 Å². The molecule has 0 bridgehead atoms. The molecule has 1 atom stereocenters. The van der Waals surface area contributed by atoms with Gasteiger partial charge in [-0.1, -0.05) is 0 Å². The number of amides is 1. The molecule has 46 heavy (non-hydrogen) atoms. The van der Waals surface area contributed by atoms with E-state index in [1.165, 1.54) is 33.6 Å². The van der Waals surface area contributed by atoms with Crippen molar-refractivity contribution in [1.82, 2.24) is 0 Å². The summed E-state index contributed by atoms with van der Waals surface area (Å²) in [7, 11) is 15.7. The van der Waals surface area contributed by atoms with Crippen LogP contribution in [0.3, 0.4) is 0 Å². The first-order valence-electron chi connectivity index (χ1n) is 16.5. The van der Waals surface area contributed by atoms with Crippen LogP contribution in [0, 0.1) is 0 Å². The van der Waals surface area contributed by atoms with E-state index in [4.69, 9.17) is 24.1 Å². The topological polar surface area (TPSA) is 44.8 Å². The van der Waals surface area contributed by atoms with Crippen molar-refractivity contribution in [2.24, 2.45) is 0 Å². The van der Waals surface area contributed by atoms with Crippen LogP contribution in [0.2, 0.25) is 0 Å². The van der Waals surface area contributed by atoms with E-state index in [-0.39, 0.29) is 5.91 Å². The number of nitrogens with zero attached hydrogens (tertiary/aromatic N) is 2. The zero-order valence-electron chi connectivity index (χ0n) is 28.6. The first-order chi connectivity index (χ1) is 21.8. The average molecular weight is 752 g/mol. The Hall–Kier alpha value is -2.53. The number of para-hydroxylation sites is 3. The van der Waals surface area contributed by atoms with Gasteiger partial charge in [-0.2, -0.15) is 0 Å². The summed E-state index contributed by atoms with van der Waals surface area (Å²) in [6.07, 6.45) is 0.0111. The van der Waals surface area contributed by atoms with Gasteiger partial charge in [0.25, 0.3) is 0 Å². The van der Waals surface area contributed by atoms with Crippen molar-refractivity contribution >= 4 is 51.3 Å². The molecule has 5 nitrogen and oxygen atoms in total. The summed E-state index contributed by atoms with van der Waals surface area (Å²) in [6.45, 7) is 21.6. The molecule has 8 heteroatoms. The summed E-state index contributed by atoms with van der Waals surface area (Å²) in [4.78, 5) is 17.5. The van der Waals surface area contributed by atoms with Crippen molar-refractivity contribution in [3.8, 4) is 5.75 Å². The Morgan fingerprint density at radius 3 is 1.63 bits per heavy atom.